The van der Waals surface area contributed by atoms with Gasteiger partial charge in [-0.15, -0.1) is 0 Å². The van der Waals surface area contributed by atoms with Gasteiger partial charge in [0.05, 0.1) is 5.92 Å². The third-order valence-corrected chi connectivity index (χ3v) is 4.87. The first-order valence-electron chi connectivity index (χ1n) is 8.43. The van der Waals surface area contributed by atoms with Crippen molar-refractivity contribution in [3.63, 3.8) is 0 Å². The molecule has 0 aromatic heterocycles. The Bertz CT molecular complexity index is 398. The molecule has 1 atom stereocenters. The molecule has 1 rings (SSSR count). The monoisotopic (exact) mass is 326 g/mol. The molecule has 0 aliphatic heterocycles. The standard InChI is InChI=1S/C19H31ClO2/c1-5-6-7-8-9-10-11-18(19(20,21-3)22-4)17-14-12-16(2)13-15-17/h12-15,18H,5-11H2,1-4H3. The molecule has 2 nitrogen and oxygen atoms in total. The fourth-order valence-corrected chi connectivity index (χ4v) is 3.07. The smallest absolute Gasteiger partial charge is 0.254 e. The minimum Gasteiger partial charge on any atom is -0.340 e. The van der Waals surface area contributed by atoms with Gasteiger partial charge in [0.2, 0.25) is 0 Å². The lowest BCUT2D eigenvalue weighted by molar-refractivity contribution is -0.158. The second-order valence-electron chi connectivity index (χ2n) is 6.01. The third kappa shape index (κ3) is 5.91. The van der Waals surface area contributed by atoms with E-state index in [1.165, 1.54) is 43.2 Å². The van der Waals surface area contributed by atoms with Gasteiger partial charge in [-0.25, -0.2) is 0 Å². The highest BCUT2D eigenvalue weighted by Gasteiger charge is 2.38. The number of ether oxygens (including phenoxy) is 2. The first-order valence-corrected chi connectivity index (χ1v) is 8.81. The van der Waals surface area contributed by atoms with Crippen LogP contribution in [0.1, 0.15) is 68.9 Å². The van der Waals surface area contributed by atoms with E-state index in [4.69, 9.17) is 21.1 Å². The van der Waals surface area contributed by atoms with Crippen LogP contribution in [-0.4, -0.2) is 19.5 Å². The van der Waals surface area contributed by atoms with Gasteiger partial charge in [-0.3, -0.25) is 0 Å². The van der Waals surface area contributed by atoms with Crippen LogP contribution in [0, 0.1) is 6.92 Å². The van der Waals surface area contributed by atoms with Crippen LogP contribution in [0.4, 0.5) is 0 Å². The van der Waals surface area contributed by atoms with E-state index in [0.29, 0.717) is 0 Å². The molecule has 0 saturated carbocycles. The molecule has 1 aromatic rings. The summed E-state index contributed by atoms with van der Waals surface area (Å²) in [5, 5.41) is -1.08. The van der Waals surface area contributed by atoms with Gasteiger partial charge in [0.1, 0.15) is 0 Å². The minimum atomic E-state index is -1.08. The number of halogens is 1. The molecule has 0 spiro atoms. The van der Waals surface area contributed by atoms with E-state index in [9.17, 15) is 0 Å². The van der Waals surface area contributed by atoms with Crippen molar-refractivity contribution in [2.75, 3.05) is 14.2 Å². The lowest BCUT2D eigenvalue weighted by Gasteiger charge is -2.33. The SMILES string of the molecule is CCCCCCCCC(c1ccc(C)cc1)C(Cl)(OC)OC. The van der Waals surface area contributed by atoms with Crippen molar-refractivity contribution >= 4 is 11.6 Å². The highest BCUT2D eigenvalue weighted by molar-refractivity contribution is 6.22. The number of aryl methyl sites for hydroxylation is 1. The van der Waals surface area contributed by atoms with Gasteiger partial charge in [-0.1, -0.05) is 86.9 Å². The Labute approximate surface area is 141 Å². The Hall–Kier alpha value is -0.570. The average molecular weight is 327 g/mol. The van der Waals surface area contributed by atoms with E-state index < -0.39 is 5.25 Å². The van der Waals surface area contributed by atoms with Gasteiger partial charge in [0.25, 0.3) is 5.25 Å². The Morgan fingerprint density at radius 2 is 1.50 bits per heavy atom. The first kappa shape index (κ1) is 19.5. The molecule has 3 heteroatoms. The largest absolute Gasteiger partial charge is 0.340 e. The van der Waals surface area contributed by atoms with Crippen LogP contribution >= 0.6 is 11.6 Å². The zero-order valence-electron chi connectivity index (χ0n) is 14.5. The maximum absolute atomic E-state index is 6.57. The van der Waals surface area contributed by atoms with Crippen LogP contribution in [0.2, 0.25) is 0 Å². The summed E-state index contributed by atoms with van der Waals surface area (Å²) in [5.74, 6) is 0.0379. The summed E-state index contributed by atoms with van der Waals surface area (Å²) in [6, 6.07) is 8.50. The molecule has 0 radical (unpaired) electrons. The summed E-state index contributed by atoms with van der Waals surface area (Å²) in [4.78, 5) is 0. The number of alkyl halides is 1. The molecular weight excluding hydrogens is 296 g/mol. The van der Waals surface area contributed by atoms with Crippen molar-refractivity contribution in [2.45, 2.75) is 70.0 Å². The average Bonchev–Trinajstić information content (AvgIpc) is 2.55. The predicted molar refractivity (Wildman–Crippen MR) is 94.5 cm³/mol. The van der Waals surface area contributed by atoms with Gasteiger partial charge in [-0.05, 0) is 18.9 Å². The summed E-state index contributed by atoms with van der Waals surface area (Å²) in [5.41, 5.74) is 2.43. The molecule has 0 bridgehead atoms. The van der Waals surface area contributed by atoms with Crippen LogP contribution in [-0.2, 0) is 9.47 Å². The van der Waals surface area contributed by atoms with Crippen molar-refractivity contribution in [1.29, 1.82) is 0 Å². The second-order valence-corrected chi connectivity index (χ2v) is 6.54. The molecule has 0 heterocycles. The van der Waals surface area contributed by atoms with Gasteiger partial charge in [0.15, 0.2) is 0 Å². The highest BCUT2D eigenvalue weighted by atomic mass is 35.5. The van der Waals surface area contributed by atoms with E-state index in [-0.39, 0.29) is 5.92 Å². The minimum absolute atomic E-state index is 0.0379. The highest BCUT2D eigenvalue weighted by Crippen LogP contribution is 2.39. The van der Waals surface area contributed by atoms with Gasteiger partial charge >= 0.3 is 0 Å². The molecule has 0 N–H and O–H groups in total. The summed E-state index contributed by atoms with van der Waals surface area (Å²) in [6.07, 6.45) is 8.59. The van der Waals surface area contributed by atoms with Crippen LogP contribution in [0.3, 0.4) is 0 Å². The van der Waals surface area contributed by atoms with E-state index >= 15 is 0 Å². The first-order chi connectivity index (χ1) is 10.6. The number of rotatable bonds is 11. The van der Waals surface area contributed by atoms with Crippen molar-refractivity contribution < 1.29 is 9.47 Å². The number of hydrogen-bond donors (Lipinski definition) is 0. The summed E-state index contributed by atoms with van der Waals surface area (Å²) in [7, 11) is 3.22. The Balaban J connectivity index is 2.69. The molecule has 1 unspecified atom stereocenters. The predicted octanol–water partition coefficient (Wildman–Crippen LogP) is 6.01. The van der Waals surface area contributed by atoms with Crippen LogP contribution < -0.4 is 0 Å². The zero-order valence-corrected chi connectivity index (χ0v) is 15.3. The molecule has 0 fully saturated rings. The van der Waals surface area contributed by atoms with Gasteiger partial charge in [-0.2, -0.15) is 0 Å². The summed E-state index contributed by atoms with van der Waals surface area (Å²) in [6.45, 7) is 4.33. The fraction of sp³-hybridized carbons (Fsp3) is 0.684. The molecule has 0 amide bonds. The normalized spacial score (nSPS) is 13.3. The zero-order chi connectivity index (χ0) is 16.4. The molecule has 0 aliphatic rings. The van der Waals surface area contributed by atoms with Crippen molar-refractivity contribution in [3.05, 3.63) is 35.4 Å². The van der Waals surface area contributed by atoms with Crippen molar-refractivity contribution in [3.8, 4) is 0 Å². The summed E-state index contributed by atoms with van der Waals surface area (Å²) >= 11 is 6.57. The Kier molecular flexibility index (Phi) is 9.08. The van der Waals surface area contributed by atoms with Gasteiger partial charge < -0.3 is 9.47 Å². The number of unbranched alkanes of at least 4 members (excludes halogenated alkanes) is 5. The number of methoxy groups -OCH3 is 2. The Morgan fingerprint density at radius 3 is 2.05 bits per heavy atom. The van der Waals surface area contributed by atoms with E-state index in [0.717, 1.165) is 12.8 Å². The lowest BCUT2D eigenvalue weighted by atomic mass is 9.91. The topological polar surface area (TPSA) is 18.5 Å². The molecule has 0 saturated heterocycles. The van der Waals surface area contributed by atoms with Gasteiger partial charge in [0, 0.05) is 14.2 Å². The van der Waals surface area contributed by atoms with Crippen LogP contribution in [0.5, 0.6) is 0 Å². The Morgan fingerprint density at radius 1 is 0.955 bits per heavy atom. The third-order valence-electron chi connectivity index (χ3n) is 4.30. The maximum Gasteiger partial charge on any atom is 0.254 e. The van der Waals surface area contributed by atoms with Crippen LogP contribution in [0.15, 0.2) is 24.3 Å². The molecule has 0 aliphatic carbocycles. The van der Waals surface area contributed by atoms with Crippen molar-refractivity contribution in [2.24, 2.45) is 0 Å². The van der Waals surface area contributed by atoms with Crippen molar-refractivity contribution in [1.82, 2.24) is 0 Å². The number of hydrogen-bond acceptors (Lipinski definition) is 2. The van der Waals surface area contributed by atoms with Crippen LogP contribution in [0.25, 0.3) is 0 Å². The van der Waals surface area contributed by atoms with E-state index in [2.05, 4.69) is 38.1 Å². The molecule has 126 valence electrons. The number of benzene rings is 1. The molecule has 1 aromatic carbocycles. The molecular formula is C19H31ClO2. The van der Waals surface area contributed by atoms with E-state index in [1.807, 2.05) is 0 Å². The summed E-state index contributed by atoms with van der Waals surface area (Å²) < 4.78 is 10.9. The van der Waals surface area contributed by atoms with E-state index in [1.54, 1.807) is 14.2 Å². The second kappa shape index (κ2) is 10.3. The fourth-order valence-electron chi connectivity index (χ4n) is 2.83. The molecule has 22 heavy (non-hydrogen) atoms. The maximum atomic E-state index is 6.57. The quantitative estimate of drug-likeness (QED) is 0.281. The lowest BCUT2D eigenvalue weighted by Crippen LogP contribution is -2.34.